The van der Waals surface area contributed by atoms with Crippen LogP contribution >= 0.6 is 0 Å². The van der Waals surface area contributed by atoms with Gasteiger partial charge in [-0.1, -0.05) is 18.2 Å². The summed E-state index contributed by atoms with van der Waals surface area (Å²) in [7, 11) is 1.66. The molecule has 2 aromatic carbocycles. The van der Waals surface area contributed by atoms with Crippen molar-refractivity contribution in [1.29, 1.82) is 0 Å². The van der Waals surface area contributed by atoms with Gasteiger partial charge in [0.15, 0.2) is 0 Å². The van der Waals surface area contributed by atoms with E-state index in [9.17, 15) is 4.79 Å². The number of fused-ring (bicyclic) bond motifs is 2. The van der Waals surface area contributed by atoms with E-state index in [1.807, 2.05) is 59.1 Å². The van der Waals surface area contributed by atoms with Crippen molar-refractivity contribution in [2.45, 2.75) is 12.8 Å². The van der Waals surface area contributed by atoms with Crippen molar-refractivity contribution in [3.05, 3.63) is 66.4 Å². The third-order valence-electron chi connectivity index (χ3n) is 5.04. The minimum Gasteiger partial charge on any atom is -0.496 e. The Bertz CT molecular complexity index is 1230. The van der Waals surface area contributed by atoms with Crippen LogP contribution in [0.5, 0.6) is 5.75 Å². The van der Waals surface area contributed by atoms with Gasteiger partial charge in [-0.15, -0.1) is 5.10 Å². The van der Waals surface area contributed by atoms with E-state index in [1.54, 1.807) is 13.3 Å². The molecule has 0 bridgehead atoms. The Morgan fingerprint density at radius 2 is 2.00 bits per heavy atom. The predicted octanol–water partition coefficient (Wildman–Crippen LogP) is 4.03. The summed E-state index contributed by atoms with van der Waals surface area (Å²) in [6.07, 6.45) is 3.06. The van der Waals surface area contributed by atoms with Crippen molar-refractivity contribution in [2.24, 2.45) is 0 Å². The number of aromatic nitrogens is 3. The zero-order valence-electron chi connectivity index (χ0n) is 15.8. The van der Waals surface area contributed by atoms with E-state index in [1.165, 1.54) is 0 Å². The molecule has 0 spiro atoms. The minimum atomic E-state index is 0.0427. The fraction of sp³-hybridized carbons (Fsp3) is 0.136. The second kappa shape index (κ2) is 6.94. The number of methoxy groups -OCH3 is 1. The highest BCUT2D eigenvalue weighted by Gasteiger charge is 2.15. The molecular weight excluding hydrogens is 366 g/mol. The van der Waals surface area contributed by atoms with E-state index in [0.717, 1.165) is 45.9 Å². The molecule has 144 valence electrons. The van der Waals surface area contributed by atoms with Crippen LogP contribution < -0.4 is 15.4 Å². The van der Waals surface area contributed by atoms with Crippen LogP contribution in [0.1, 0.15) is 12.0 Å². The van der Waals surface area contributed by atoms with E-state index in [-0.39, 0.29) is 5.91 Å². The van der Waals surface area contributed by atoms with E-state index in [4.69, 9.17) is 4.74 Å². The zero-order chi connectivity index (χ0) is 19.8. The Morgan fingerprint density at radius 1 is 1.10 bits per heavy atom. The third kappa shape index (κ3) is 3.16. The van der Waals surface area contributed by atoms with Crippen LogP contribution in [0.25, 0.3) is 16.8 Å². The summed E-state index contributed by atoms with van der Waals surface area (Å²) in [5.41, 5.74) is 5.54. The maximum Gasteiger partial charge on any atom is 0.245 e. The first kappa shape index (κ1) is 17.2. The topological polar surface area (TPSA) is 80.5 Å². The number of hydrogen-bond donors (Lipinski definition) is 2. The molecule has 1 amide bonds. The maximum atomic E-state index is 11.7. The Kier molecular flexibility index (Phi) is 4.13. The quantitative estimate of drug-likeness (QED) is 0.554. The van der Waals surface area contributed by atoms with Crippen molar-refractivity contribution in [1.82, 2.24) is 14.6 Å². The second-order valence-corrected chi connectivity index (χ2v) is 6.88. The van der Waals surface area contributed by atoms with Crippen LogP contribution in [0.4, 0.5) is 17.3 Å². The largest absolute Gasteiger partial charge is 0.496 e. The number of anilines is 3. The first-order chi connectivity index (χ1) is 14.2. The fourth-order valence-corrected chi connectivity index (χ4v) is 3.60. The summed E-state index contributed by atoms with van der Waals surface area (Å²) in [6, 6.07) is 17.7. The molecule has 7 nitrogen and oxygen atoms in total. The van der Waals surface area contributed by atoms with Gasteiger partial charge in [-0.2, -0.15) is 0 Å². The van der Waals surface area contributed by atoms with Crippen molar-refractivity contribution in [3.8, 4) is 17.0 Å². The van der Waals surface area contributed by atoms with Gasteiger partial charge in [0.1, 0.15) is 5.75 Å². The second-order valence-electron chi connectivity index (χ2n) is 6.88. The lowest BCUT2D eigenvalue weighted by Crippen LogP contribution is -2.18. The Hall–Kier alpha value is -3.87. The number of nitrogens with zero attached hydrogens (tertiary/aromatic N) is 3. The molecular formula is C22H19N5O2. The lowest BCUT2D eigenvalue weighted by Gasteiger charge is -2.17. The fourth-order valence-electron chi connectivity index (χ4n) is 3.60. The van der Waals surface area contributed by atoms with Gasteiger partial charge >= 0.3 is 0 Å². The van der Waals surface area contributed by atoms with Crippen LogP contribution in [-0.2, 0) is 11.2 Å². The molecule has 5 rings (SSSR count). The number of amides is 1. The molecule has 0 saturated heterocycles. The molecule has 4 aromatic rings. The van der Waals surface area contributed by atoms with E-state index in [2.05, 4.69) is 20.7 Å². The highest BCUT2D eigenvalue weighted by molar-refractivity contribution is 5.94. The summed E-state index contributed by atoms with van der Waals surface area (Å²) in [5, 5.41) is 10.8. The number of carbonyl (C=O) groups excluding carboxylic acids is 1. The first-order valence-corrected chi connectivity index (χ1v) is 9.39. The van der Waals surface area contributed by atoms with Gasteiger partial charge in [-0.25, -0.2) is 9.50 Å². The van der Waals surface area contributed by atoms with Gasteiger partial charge in [0.25, 0.3) is 0 Å². The van der Waals surface area contributed by atoms with Gasteiger partial charge < -0.3 is 15.4 Å². The number of ether oxygens (including phenoxy) is 1. The molecule has 2 aromatic heterocycles. The highest BCUT2D eigenvalue weighted by atomic mass is 16.5. The number of carbonyl (C=O) groups is 1. The minimum absolute atomic E-state index is 0.0427. The zero-order valence-corrected chi connectivity index (χ0v) is 15.8. The third-order valence-corrected chi connectivity index (χ3v) is 5.04. The molecule has 0 atom stereocenters. The van der Waals surface area contributed by atoms with Crippen LogP contribution in [0, 0.1) is 0 Å². The van der Waals surface area contributed by atoms with Crippen LogP contribution in [0.15, 0.2) is 60.8 Å². The van der Waals surface area contributed by atoms with Crippen LogP contribution in [0.2, 0.25) is 0 Å². The molecule has 0 unspecified atom stereocenters. The monoisotopic (exact) mass is 385 g/mol. The lowest BCUT2D eigenvalue weighted by atomic mass is 10.0. The molecule has 29 heavy (non-hydrogen) atoms. The lowest BCUT2D eigenvalue weighted by molar-refractivity contribution is -0.116. The van der Waals surface area contributed by atoms with Crippen molar-refractivity contribution in [2.75, 3.05) is 17.7 Å². The number of hydrogen-bond acceptors (Lipinski definition) is 5. The molecule has 1 aliphatic rings. The number of para-hydroxylation sites is 1. The molecule has 1 aliphatic heterocycles. The number of benzene rings is 2. The Balaban J connectivity index is 1.51. The SMILES string of the molecule is COc1ccccc1-c1ccc2cnc(Nc3ccc4c(c3)NC(=O)CC4)nn12. The molecule has 3 heterocycles. The van der Waals surface area contributed by atoms with Gasteiger partial charge in [0.05, 0.1) is 24.5 Å². The van der Waals surface area contributed by atoms with Gasteiger partial charge in [0, 0.05) is 23.4 Å². The molecule has 7 heteroatoms. The number of nitrogens with one attached hydrogen (secondary N) is 2. The summed E-state index contributed by atoms with van der Waals surface area (Å²) in [6.45, 7) is 0. The average molecular weight is 385 g/mol. The van der Waals surface area contributed by atoms with Gasteiger partial charge in [0.2, 0.25) is 11.9 Å². The summed E-state index contributed by atoms with van der Waals surface area (Å²) >= 11 is 0. The van der Waals surface area contributed by atoms with E-state index < -0.39 is 0 Å². The molecule has 2 N–H and O–H groups in total. The standard InChI is InChI=1S/C22H19N5O2/c1-29-20-5-3-2-4-17(20)19-10-9-16-13-23-22(26-27(16)19)24-15-8-6-14-7-11-21(28)25-18(14)12-15/h2-6,8-10,12-13H,7,11H2,1H3,(H,24,26)(H,25,28). The van der Waals surface area contributed by atoms with Crippen LogP contribution in [-0.4, -0.2) is 27.6 Å². The van der Waals surface area contributed by atoms with E-state index >= 15 is 0 Å². The van der Waals surface area contributed by atoms with Crippen molar-refractivity contribution in [3.63, 3.8) is 0 Å². The van der Waals surface area contributed by atoms with Crippen LogP contribution in [0.3, 0.4) is 0 Å². The molecule has 0 saturated carbocycles. The number of aryl methyl sites for hydroxylation is 1. The predicted molar refractivity (Wildman–Crippen MR) is 112 cm³/mol. The molecule has 0 aliphatic carbocycles. The summed E-state index contributed by atoms with van der Waals surface area (Å²) in [4.78, 5) is 16.1. The summed E-state index contributed by atoms with van der Waals surface area (Å²) in [5.74, 6) is 1.29. The maximum absolute atomic E-state index is 11.7. The van der Waals surface area contributed by atoms with Gasteiger partial charge in [-0.05, 0) is 48.4 Å². The number of rotatable bonds is 4. The molecule has 0 radical (unpaired) electrons. The average Bonchev–Trinajstić information content (AvgIpc) is 3.16. The highest BCUT2D eigenvalue weighted by Crippen LogP contribution is 2.31. The summed E-state index contributed by atoms with van der Waals surface area (Å²) < 4.78 is 7.34. The van der Waals surface area contributed by atoms with Crippen molar-refractivity contribution < 1.29 is 9.53 Å². The molecule has 0 fully saturated rings. The first-order valence-electron chi connectivity index (χ1n) is 9.39. The van der Waals surface area contributed by atoms with Crippen molar-refractivity contribution >= 4 is 28.7 Å². The van der Waals surface area contributed by atoms with E-state index in [0.29, 0.717) is 12.4 Å². The smallest absolute Gasteiger partial charge is 0.245 e. The Labute approximate surface area is 167 Å². The van der Waals surface area contributed by atoms with Gasteiger partial charge in [-0.3, -0.25) is 4.79 Å². The Morgan fingerprint density at radius 3 is 2.90 bits per heavy atom. The normalized spacial score (nSPS) is 13.1.